The highest BCUT2D eigenvalue weighted by Crippen LogP contribution is 2.46. The molecule has 0 radical (unpaired) electrons. The van der Waals surface area contributed by atoms with Crippen LogP contribution < -0.4 is 29.6 Å². The molecule has 59 heavy (non-hydrogen) atoms. The standard InChI is InChI=1S/C40H53BrN6O11S/c1-3-56-33-22-32(28-15-16-31(54-2)34(41)35(28)43-33)57-27-21-30-36(48)44-40(38(50)45-59(52,53)46-17-19-55-20-18-46)23-25(40)11-7-5-4-6-8-14-29(37(49)47(30)24-27)42-39(51)58-26-12-9-10-13-26/h7,11,15-16,22,25-27,29-30H,3-6,8-10,12-14,17-21,23-24H2,1-2H3,(H,42,51)(H,44,48)(H,45,50)/t25-,27-,29+,30+,40-/m1/s1. The Hall–Kier alpha value is -4.20. The molecule has 17 nitrogen and oxygen atoms in total. The molecule has 7 rings (SSSR count). The number of nitrogens with one attached hydrogen (secondary N) is 3. The third kappa shape index (κ3) is 9.73. The maximum Gasteiger partial charge on any atom is 0.408 e. The summed E-state index contributed by atoms with van der Waals surface area (Å²) in [5, 5.41) is 6.34. The van der Waals surface area contributed by atoms with Gasteiger partial charge in [0.15, 0.2) is 0 Å². The largest absolute Gasteiger partial charge is 0.495 e. The molecule has 0 unspecified atom stereocenters. The lowest BCUT2D eigenvalue weighted by Crippen LogP contribution is -2.59. The smallest absolute Gasteiger partial charge is 0.408 e. The van der Waals surface area contributed by atoms with Crippen molar-refractivity contribution in [3.63, 3.8) is 0 Å². The minimum atomic E-state index is -4.24. The lowest BCUT2D eigenvalue weighted by Gasteiger charge is -2.30. The number of morpholine rings is 1. The number of carbonyl (C=O) groups excluding carboxylic acids is 4. The van der Waals surface area contributed by atoms with Crippen LogP contribution in [0.15, 0.2) is 34.8 Å². The molecule has 0 spiro atoms. The molecule has 5 aliphatic rings. The molecule has 5 atom stereocenters. The van der Waals surface area contributed by atoms with E-state index >= 15 is 0 Å². The molecule has 2 aliphatic carbocycles. The number of rotatable bonds is 10. The Bertz CT molecular complexity index is 2040. The van der Waals surface area contributed by atoms with Crippen molar-refractivity contribution in [2.75, 3.05) is 46.6 Å². The van der Waals surface area contributed by atoms with Crippen LogP contribution in [0.2, 0.25) is 0 Å². The maximum atomic E-state index is 14.7. The molecule has 1 aromatic heterocycles. The lowest BCUT2D eigenvalue weighted by molar-refractivity contribution is -0.141. The van der Waals surface area contributed by atoms with Gasteiger partial charge in [0.05, 0.1) is 43.5 Å². The van der Waals surface area contributed by atoms with Gasteiger partial charge in [0.2, 0.25) is 17.7 Å². The summed E-state index contributed by atoms with van der Waals surface area (Å²) in [7, 11) is -2.70. The summed E-state index contributed by atoms with van der Waals surface area (Å²) in [6.45, 7) is 2.68. The molecule has 2 saturated carbocycles. The second kappa shape index (κ2) is 18.6. The summed E-state index contributed by atoms with van der Waals surface area (Å²) in [4.78, 5) is 62.6. The van der Waals surface area contributed by atoms with Crippen molar-refractivity contribution in [3.8, 4) is 17.4 Å². The summed E-state index contributed by atoms with van der Waals surface area (Å²) in [5.41, 5.74) is -1.06. The van der Waals surface area contributed by atoms with Gasteiger partial charge in [-0.15, -0.1) is 0 Å². The number of hydrogen-bond donors (Lipinski definition) is 3. The molecule has 19 heteroatoms. The number of hydrogen-bond acceptors (Lipinski definition) is 12. The zero-order valence-corrected chi connectivity index (χ0v) is 35.8. The minimum Gasteiger partial charge on any atom is -0.495 e. The normalized spacial score (nSPS) is 27.1. The second-order valence-electron chi connectivity index (χ2n) is 15.6. The topological polar surface area (TPSA) is 204 Å². The van der Waals surface area contributed by atoms with Crippen LogP contribution in [0.25, 0.3) is 10.9 Å². The number of fused-ring (bicyclic) bond motifs is 3. The van der Waals surface area contributed by atoms with Crippen LogP contribution in [-0.4, -0.2) is 123 Å². The van der Waals surface area contributed by atoms with Crippen molar-refractivity contribution < 1.29 is 51.3 Å². The van der Waals surface area contributed by atoms with E-state index in [9.17, 15) is 27.6 Å². The van der Waals surface area contributed by atoms with Crippen LogP contribution >= 0.6 is 15.9 Å². The molecule has 322 valence electrons. The second-order valence-corrected chi connectivity index (χ2v) is 18.1. The van der Waals surface area contributed by atoms with E-state index in [1.165, 1.54) is 4.90 Å². The van der Waals surface area contributed by atoms with Crippen molar-refractivity contribution in [1.82, 2.24) is 29.5 Å². The van der Waals surface area contributed by atoms with Crippen LogP contribution in [0.1, 0.15) is 77.6 Å². The molecule has 3 aliphatic heterocycles. The van der Waals surface area contributed by atoms with E-state index in [0.29, 0.717) is 58.6 Å². The Kier molecular flexibility index (Phi) is 13.5. The number of amides is 4. The number of ether oxygens (including phenoxy) is 5. The molecule has 4 heterocycles. The van der Waals surface area contributed by atoms with Gasteiger partial charge in [0, 0.05) is 36.9 Å². The highest BCUT2D eigenvalue weighted by Gasteiger charge is 2.62. The lowest BCUT2D eigenvalue weighted by atomic mass is 10.0. The van der Waals surface area contributed by atoms with Crippen LogP contribution in [0, 0.1) is 5.92 Å². The number of pyridine rings is 1. The van der Waals surface area contributed by atoms with Gasteiger partial charge in [-0.1, -0.05) is 25.0 Å². The highest BCUT2D eigenvalue weighted by molar-refractivity contribution is 9.10. The van der Waals surface area contributed by atoms with E-state index in [2.05, 4.69) is 36.3 Å². The van der Waals surface area contributed by atoms with Gasteiger partial charge in [-0.25, -0.2) is 14.5 Å². The number of nitrogens with zero attached hydrogens (tertiary/aromatic N) is 3. The fourth-order valence-corrected chi connectivity index (χ4v) is 10.2. The quantitative estimate of drug-likeness (QED) is 0.291. The van der Waals surface area contributed by atoms with Gasteiger partial charge in [0.25, 0.3) is 5.91 Å². The minimum absolute atomic E-state index is 0.0200. The van der Waals surface area contributed by atoms with E-state index in [4.69, 9.17) is 23.7 Å². The summed E-state index contributed by atoms with van der Waals surface area (Å²) in [6.07, 6.45) is 8.93. The Balaban J connectivity index is 1.20. The van der Waals surface area contributed by atoms with Gasteiger partial charge in [-0.3, -0.25) is 14.4 Å². The predicted molar refractivity (Wildman–Crippen MR) is 218 cm³/mol. The fourth-order valence-electron chi connectivity index (χ4n) is 8.40. The summed E-state index contributed by atoms with van der Waals surface area (Å²) < 4.78 is 59.5. The number of allylic oxidation sites excluding steroid dienone is 1. The first-order valence-electron chi connectivity index (χ1n) is 20.6. The molecule has 4 amide bonds. The maximum absolute atomic E-state index is 14.7. The first-order chi connectivity index (χ1) is 28.4. The molecule has 0 bridgehead atoms. The molecule has 1 aromatic carbocycles. The third-order valence-electron chi connectivity index (χ3n) is 11.7. The highest BCUT2D eigenvalue weighted by atomic mass is 79.9. The van der Waals surface area contributed by atoms with E-state index in [0.717, 1.165) is 42.8 Å². The average Bonchev–Trinajstić information content (AvgIpc) is 3.48. The number of aromatic nitrogens is 1. The van der Waals surface area contributed by atoms with Crippen LogP contribution in [0.4, 0.5) is 4.79 Å². The summed E-state index contributed by atoms with van der Waals surface area (Å²) in [5.74, 6) is -1.24. The van der Waals surface area contributed by atoms with Crippen LogP contribution in [-0.2, 0) is 34.1 Å². The monoisotopic (exact) mass is 904 g/mol. The van der Waals surface area contributed by atoms with Crippen LogP contribution in [0.5, 0.6) is 17.4 Å². The Morgan fingerprint density at radius 2 is 1.81 bits per heavy atom. The molecule has 2 aromatic rings. The number of alkyl carbamates (subject to hydrolysis) is 1. The third-order valence-corrected chi connectivity index (χ3v) is 13.9. The van der Waals surface area contributed by atoms with Gasteiger partial charge < -0.3 is 39.2 Å². The Morgan fingerprint density at radius 1 is 1.05 bits per heavy atom. The summed E-state index contributed by atoms with van der Waals surface area (Å²) in [6, 6.07) is 3.07. The van der Waals surface area contributed by atoms with Gasteiger partial charge in [-0.05, 0) is 86.4 Å². The summed E-state index contributed by atoms with van der Waals surface area (Å²) >= 11 is 3.59. The molecular formula is C40H53BrN6O11S. The fraction of sp³-hybridized carbons (Fsp3) is 0.625. The zero-order chi connectivity index (χ0) is 41.7. The van der Waals surface area contributed by atoms with Crippen LogP contribution in [0.3, 0.4) is 0 Å². The number of methoxy groups -OCH3 is 1. The molecule has 4 fully saturated rings. The number of carbonyl (C=O) groups is 4. The van der Waals surface area contributed by atoms with Crippen molar-refractivity contribution in [2.45, 2.75) is 107 Å². The predicted octanol–water partition coefficient (Wildman–Crippen LogP) is 3.88. The van der Waals surface area contributed by atoms with Gasteiger partial charge >= 0.3 is 16.3 Å². The van der Waals surface area contributed by atoms with Gasteiger partial charge in [0.1, 0.15) is 41.3 Å². The van der Waals surface area contributed by atoms with E-state index in [1.807, 2.05) is 19.1 Å². The molecule has 3 N–H and O–H groups in total. The molecular weight excluding hydrogens is 852 g/mol. The number of halogens is 1. The Labute approximate surface area is 352 Å². The first-order valence-corrected chi connectivity index (χ1v) is 22.8. The number of benzene rings is 1. The van der Waals surface area contributed by atoms with Crippen molar-refractivity contribution in [3.05, 3.63) is 34.8 Å². The van der Waals surface area contributed by atoms with Crippen molar-refractivity contribution >= 4 is 60.9 Å². The van der Waals surface area contributed by atoms with E-state index in [-0.39, 0.29) is 51.8 Å². The van der Waals surface area contributed by atoms with E-state index < -0.39 is 63.7 Å². The Morgan fingerprint density at radius 3 is 2.56 bits per heavy atom. The van der Waals surface area contributed by atoms with Gasteiger partial charge in [-0.2, -0.15) is 12.7 Å². The first kappa shape index (κ1) is 42.9. The average molecular weight is 906 g/mol. The van der Waals surface area contributed by atoms with Crippen molar-refractivity contribution in [1.29, 1.82) is 0 Å². The molecule has 2 saturated heterocycles. The van der Waals surface area contributed by atoms with Crippen molar-refractivity contribution in [2.24, 2.45) is 5.92 Å². The zero-order valence-electron chi connectivity index (χ0n) is 33.4. The van der Waals surface area contributed by atoms with E-state index in [1.54, 1.807) is 25.3 Å². The SMILES string of the molecule is CCOc1cc(O[C@@H]2C[C@H]3C(=O)N[C@]4(C(=O)NS(=O)(=O)N5CCOCC5)C[C@H]4C=CCCCCC[C@H](NC(=O)OC4CCCC4)C(=O)N3C2)c2ccc(OC)c(Br)c2n1.